The first-order chi connectivity index (χ1) is 13.0. The van der Waals surface area contributed by atoms with E-state index in [-0.39, 0.29) is 31.4 Å². The van der Waals surface area contributed by atoms with Gasteiger partial charge in [-0.25, -0.2) is 0 Å². The molecule has 7 nitrogen and oxygen atoms in total. The predicted molar refractivity (Wildman–Crippen MR) is 105 cm³/mol. The van der Waals surface area contributed by atoms with Gasteiger partial charge in [-0.3, -0.25) is 14.4 Å². The van der Waals surface area contributed by atoms with E-state index >= 15 is 0 Å². The van der Waals surface area contributed by atoms with Gasteiger partial charge < -0.3 is 20.3 Å². The molecule has 2 rings (SSSR count). The number of carbonyl (C=O) groups excluding carboxylic acids is 3. The van der Waals surface area contributed by atoms with E-state index in [1.807, 2.05) is 19.1 Å². The number of nitrogens with zero attached hydrogens (tertiary/aromatic N) is 1. The van der Waals surface area contributed by atoms with Gasteiger partial charge in [-0.05, 0) is 30.5 Å². The molecule has 144 valence electrons. The lowest BCUT2D eigenvalue weighted by Gasteiger charge is -2.21. The van der Waals surface area contributed by atoms with E-state index in [9.17, 15) is 14.4 Å². The third kappa shape index (κ3) is 6.84. The molecule has 0 spiro atoms. The monoisotopic (exact) mass is 389 g/mol. The van der Waals surface area contributed by atoms with Crippen LogP contribution in [0.4, 0.5) is 5.69 Å². The van der Waals surface area contributed by atoms with Crippen LogP contribution >= 0.6 is 11.3 Å². The fourth-order valence-corrected chi connectivity index (χ4v) is 2.95. The summed E-state index contributed by atoms with van der Waals surface area (Å²) in [5.41, 5.74) is 1.75. The van der Waals surface area contributed by atoms with Crippen LogP contribution in [0.15, 0.2) is 41.8 Å². The van der Waals surface area contributed by atoms with Crippen LogP contribution < -0.4 is 10.6 Å². The highest BCUT2D eigenvalue weighted by atomic mass is 32.1. The summed E-state index contributed by atoms with van der Waals surface area (Å²) in [5, 5.41) is 7.05. The molecule has 0 bridgehead atoms. The maximum atomic E-state index is 12.5. The first-order valence-corrected chi connectivity index (χ1v) is 9.32. The van der Waals surface area contributed by atoms with Gasteiger partial charge in [-0.15, -0.1) is 11.3 Å². The van der Waals surface area contributed by atoms with Crippen molar-refractivity contribution in [3.63, 3.8) is 0 Å². The van der Waals surface area contributed by atoms with E-state index in [0.29, 0.717) is 17.2 Å². The van der Waals surface area contributed by atoms with Crippen LogP contribution in [-0.2, 0) is 14.3 Å². The highest BCUT2D eigenvalue weighted by molar-refractivity contribution is 7.12. The zero-order valence-corrected chi connectivity index (χ0v) is 16.2. The van der Waals surface area contributed by atoms with Crippen LogP contribution in [0, 0.1) is 6.92 Å². The average Bonchev–Trinajstić information content (AvgIpc) is 3.19. The lowest BCUT2D eigenvalue weighted by molar-refractivity contribution is -0.124. The van der Waals surface area contributed by atoms with Crippen LogP contribution in [0.5, 0.6) is 0 Å². The number of hydrogen-bond acceptors (Lipinski definition) is 5. The highest BCUT2D eigenvalue weighted by Gasteiger charge is 2.19. The standard InChI is InChI=1S/C19H23N3O4S/c1-14-5-7-15(8-6-14)21-17(23)12-20-18(24)13-22(9-10-26-2)19(25)16-4-3-11-27-16/h3-8,11H,9-10,12-13H2,1-2H3,(H,20,24)(H,21,23). The molecule has 3 amide bonds. The van der Waals surface area contributed by atoms with E-state index in [1.54, 1.807) is 29.6 Å². The number of hydrogen-bond donors (Lipinski definition) is 2. The Morgan fingerprint density at radius 3 is 2.48 bits per heavy atom. The molecule has 1 aromatic heterocycles. The van der Waals surface area contributed by atoms with Gasteiger partial charge in [0, 0.05) is 19.3 Å². The number of methoxy groups -OCH3 is 1. The fraction of sp³-hybridized carbons (Fsp3) is 0.316. The number of anilines is 1. The molecule has 1 aromatic carbocycles. The molecule has 2 N–H and O–H groups in total. The van der Waals surface area contributed by atoms with Crippen molar-refractivity contribution < 1.29 is 19.1 Å². The Balaban J connectivity index is 1.84. The number of ether oxygens (including phenoxy) is 1. The first-order valence-electron chi connectivity index (χ1n) is 8.44. The van der Waals surface area contributed by atoms with Crippen molar-refractivity contribution in [2.24, 2.45) is 0 Å². The second-order valence-corrected chi connectivity index (χ2v) is 6.84. The van der Waals surface area contributed by atoms with Crippen LogP contribution in [0.3, 0.4) is 0 Å². The van der Waals surface area contributed by atoms with Gasteiger partial charge in [0.25, 0.3) is 5.91 Å². The fourth-order valence-electron chi connectivity index (χ4n) is 2.26. The quantitative estimate of drug-likeness (QED) is 0.686. The third-order valence-electron chi connectivity index (χ3n) is 3.70. The number of carbonyl (C=O) groups is 3. The Kier molecular flexibility index (Phi) is 7.97. The van der Waals surface area contributed by atoms with E-state index in [0.717, 1.165) is 5.56 Å². The minimum Gasteiger partial charge on any atom is -0.383 e. The summed E-state index contributed by atoms with van der Waals surface area (Å²) in [5.74, 6) is -0.975. The Morgan fingerprint density at radius 1 is 1.11 bits per heavy atom. The minimum absolute atomic E-state index is 0.141. The molecule has 1 heterocycles. The molecule has 0 saturated carbocycles. The molecule has 0 saturated heterocycles. The van der Waals surface area contributed by atoms with Crippen molar-refractivity contribution >= 4 is 34.7 Å². The molecule has 2 aromatic rings. The lowest BCUT2D eigenvalue weighted by atomic mass is 10.2. The number of aryl methyl sites for hydroxylation is 1. The van der Waals surface area contributed by atoms with Gasteiger partial charge in [-0.2, -0.15) is 0 Å². The van der Waals surface area contributed by atoms with Crippen molar-refractivity contribution in [2.75, 3.05) is 38.7 Å². The number of rotatable bonds is 9. The largest absolute Gasteiger partial charge is 0.383 e. The van der Waals surface area contributed by atoms with E-state index in [4.69, 9.17) is 4.74 Å². The van der Waals surface area contributed by atoms with Crippen molar-refractivity contribution in [1.29, 1.82) is 0 Å². The van der Waals surface area contributed by atoms with E-state index in [1.165, 1.54) is 23.3 Å². The summed E-state index contributed by atoms with van der Waals surface area (Å²) in [6.07, 6.45) is 0. The molecule has 0 aliphatic carbocycles. The minimum atomic E-state index is -0.407. The summed E-state index contributed by atoms with van der Waals surface area (Å²) in [6, 6.07) is 10.8. The van der Waals surface area contributed by atoms with E-state index in [2.05, 4.69) is 10.6 Å². The first kappa shape index (κ1) is 20.6. The van der Waals surface area contributed by atoms with Gasteiger partial charge in [-0.1, -0.05) is 23.8 Å². The second kappa shape index (κ2) is 10.4. The van der Waals surface area contributed by atoms with Gasteiger partial charge in [0.2, 0.25) is 11.8 Å². The molecule has 0 fully saturated rings. The van der Waals surface area contributed by atoms with Crippen LogP contribution in [0.1, 0.15) is 15.2 Å². The summed E-state index contributed by atoms with van der Waals surface area (Å²) in [4.78, 5) is 38.6. The Bertz CT molecular complexity index is 760. The molecular weight excluding hydrogens is 366 g/mol. The smallest absolute Gasteiger partial charge is 0.264 e. The Morgan fingerprint density at radius 2 is 1.85 bits per heavy atom. The van der Waals surface area contributed by atoms with Gasteiger partial charge in [0.1, 0.15) is 0 Å². The van der Waals surface area contributed by atoms with Crippen molar-refractivity contribution in [3.8, 4) is 0 Å². The Hall–Kier alpha value is -2.71. The number of thiophene rings is 1. The second-order valence-electron chi connectivity index (χ2n) is 5.89. The molecule has 0 unspecified atom stereocenters. The summed E-state index contributed by atoms with van der Waals surface area (Å²) in [7, 11) is 1.53. The zero-order chi connectivity index (χ0) is 19.6. The van der Waals surface area contributed by atoms with Gasteiger partial charge >= 0.3 is 0 Å². The maximum Gasteiger partial charge on any atom is 0.264 e. The molecule has 27 heavy (non-hydrogen) atoms. The molecule has 0 atom stereocenters. The van der Waals surface area contributed by atoms with E-state index < -0.39 is 5.91 Å². The normalized spacial score (nSPS) is 10.3. The van der Waals surface area contributed by atoms with Crippen LogP contribution in [0.25, 0.3) is 0 Å². The topological polar surface area (TPSA) is 87.7 Å². The molecule has 8 heteroatoms. The van der Waals surface area contributed by atoms with Crippen molar-refractivity contribution in [3.05, 3.63) is 52.2 Å². The zero-order valence-electron chi connectivity index (χ0n) is 15.4. The van der Waals surface area contributed by atoms with Crippen molar-refractivity contribution in [2.45, 2.75) is 6.92 Å². The highest BCUT2D eigenvalue weighted by Crippen LogP contribution is 2.12. The summed E-state index contributed by atoms with van der Waals surface area (Å²) >= 11 is 1.31. The molecule has 0 aliphatic heterocycles. The SMILES string of the molecule is COCCN(CC(=O)NCC(=O)Nc1ccc(C)cc1)C(=O)c1cccs1. The van der Waals surface area contributed by atoms with Crippen LogP contribution in [-0.4, -0.2) is 56.0 Å². The van der Waals surface area contributed by atoms with Crippen molar-refractivity contribution in [1.82, 2.24) is 10.2 Å². The van der Waals surface area contributed by atoms with Gasteiger partial charge in [0.05, 0.1) is 24.6 Å². The number of benzene rings is 1. The molecule has 0 radical (unpaired) electrons. The predicted octanol–water partition coefficient (Wildman–Crippen LogP) is 1.90. The van der Waals surface area contributed by atoms with Crippen LogP contribution in [0.2, 0.25) is 0 Å². The maximum absolute atomic E-state index is 12.5. The third-order valence-corrected chi connectivity index (χ3v) is 4.56. The van der Waals surface area contributed by atoms with Gasteiger partial charge in [0.15, 0.2) is 0 Å². The molecule has 0 aliphatic rings. The number of amides is 3. The Labute approximate surface area is 162 Å². The summed E-state index contributed by atoms with van der Waals surface area (Å²) in [6.45, 7) is 2.25. The lowest BCUT2D eigenvalue weighted by Crippen LogP contribution is -2.43. The summed E-state index contributed by atoms with van der Waals surface area (Å²) < 4.78 is 5.01. The average molecular weight is 389 g/mol. The number of nitrogens with one attached hydrogen (secondary N) is 2. The molecular formula is C19H23N3O4S.